The van der Waals surface area contributed by atoms with Gasteiger partial charge in [-0.15, -0.1) is 0 Å². The first kappa shape index (κ1) is 21.8. The molecule has 1 aromatic heterocycles. The highest BCUT2D eigenvalue weighted by molar-refractivity contribution is 5.99. The highest BCUT2D eigenvalue weighted by Gasteiger charge is 2.48. The number of piperidine rings is 1. The van der Waals surface area contributed by atoms with Gasteiger partial charge in [0, 0.05) is 31.4 Å². The van der Waals surface area contributed by atoms with Crippen LogP contribution in [0.3, 0.4) is 0 Å². The van der Waals surface area contributed by atoms with Crippen molar-refractivity contribution in [2.45, 2.75) is 38.4 Å². The Morgan fingerprint density at radius 3 is 2.76 bits per heavy atom. The SMILES string of the molecule is COc1nccc(N2CCOC3(CCN(CCc4ccc5c(c4C)COC5=O)CC3)C2=O)n1. The quantitative estimate of drug-likeness (QED) is 0.635. The number of carbonyl (C=O) groups is 2. The number of anilines is 1. The number of cyclic esters (lactones) is 1. The predicted octanol–water partition coefficient (Wildman–Crippen LogP) is 1.90. The van der Waals surface area contributed by atoms with Gasteiger partial charge in [-0.1, -0.05) is 6.07 Å². The zero-order valence-corrected chi connectivity index (χ0v) is 19.0. The molecule has 1 spiro atoms. The number of nitrogens with zero attached hydrogens (tertiary/aromatic N) is 4. The summed E-state index contributed by atoms with van der Waals surface area (Å²) >= 11 is 0. The molecule has 0 radical (unpaired) electrons. The number of amides is 1. The molecular formula is C24H28N4O5. The molecule has 0 N–H and O–H groups in total. The fourth-order valence-electron chi connectivity index (χ4n) is 4.98. The maximum atomic E-state index is 13.4. The fourth-order valence-corrected chi connectivity index (χ4v) is 4.98. The highest BCUT2D eigenvalue weighted by Crippen LogP contribution is 2.33. The van der Waals surface area contributed by atoms with Crippen LogP contribution in [0.4, 0.5) is 5.82 Å². The molecule has 9 heteroatoms. The van der Waals surface area contributed by atoms with Crippen molar-refractivity contribution < 1.29 is 23.8 Å². The van der Waals surface area contributed by atoms with Crippen LogP contribution in [0.15, 0.2) is 24.4 Å². The maximum Gasteiger partial charge on any atom is 0.338 e. The number of hydrogen-bond donors (Lipinski definition) is 0. The Bertz CT molecular complexity index is 1080. The predicted molar refractivity (Wildman–Crippen MR) is 119 cm³/mol. The van der Waals surface area contributed by atoms with Crippen molar-refractivity contribution >= 4 is 17.7 Å². The number of hydrogen-bond acceptors (Lipinski definition) is 8. The van der Waals surface area contributed by atoms with Crippen molar-refractivity contribution in [1.82, 2.24) is 14.9 Å². The molecule has 0 atom stereocenters. The average Bonchev–Trinajstić information content (AvgIpc) is 3.23. The minimum atomic E-state index is -0.797. The van der Waals surface area contributed by atoms with E-state index in [4.69, 9.17) is 14.2 Å². The van der Waals surface area contributed by atoms with Gasteiger partial charge in [0.2, 0.25) is 0 Å². The minimum absolute atomic E-state index is 0.0340. The van der Waals surface area contributed by atoms with Crippen LogP contribution in [-0.2, 0) is 27.3 Å². The number of likely N-dealkylation sites (tertiary alicyclic amines) is 1. The first-order valence-corrected chi connectivity index (χ1v) is 11.3. The lowest BCUT2D eigenvalue weighted by Gasteiger charge is -2.45. The van der Waals surface area contributed by atoms with Gasteiger partial charge < -0.3 is 19.1 Å². The van der Waals surface area contributed by atoms with Gasteiger partial charge in [0.1, 0.15) is 18.0 Å². The Kier molecular flexibility index (Phi) is 5.76. The zero-order valence-electron chi connectivity index (χ0n) is 19.0. The molecule has 2 fully saturated rings. The normalized spacial score (nSPS) is 20.1. The van der Waals surface area contributed by atoms with E-state index in [0.717, 1.165) is 37.2 Å². The van der Waals surface area contributed by atoms with Crippen LogP contribution in [0.25, 0.3) is 0 Å². The smallest absolute Gasteiger partial charge is 0.338 e. The van der Waals surface area contributed by atoms with E-state index in [0.29, 0.717) is 44.0 Å². The molecule has 9 nitrogen and oxygen atoms in total. The van der Waals surface area contributed by atoms with Gasteiger partial charge in [0.05, 0.1) is 25.8 Å². The van der Waals surface area contributed by atoms with Gasteiger partial charge in [0.25, 0.3) is 5.91 Å². The van der Waals surface area contributed by atoms with Crippen LogP contribution in [-0.4, -0.2) is 72.2 Å². The second-order valence-corrected chi connectivity index (χ2v) is 8.74. The molecule has 0 aliphatic carbocycles. The standard InChI is InChI=1S/C24H28N4O5/c1-16-17(3-4-18-19(16)15-32-21(18)29)6-10-27-11-7-24(8-12-27)22(30)28(13-14-33-24)20-5-9-25-23(26-20)31-2/h3-5,9H,6-8,10-15H2,1-2H3. The van der Waals surface area contributed by atoms with Crippen molar-refractivity contribution in [1.29, 1.82) is 0 Å². The molecule has 1 amide bonds. The van der Waals surface area contributed by atoms with Crippen LogP contribution in [0.2, 0.25) is 0 Å². The third-order valence-corrected chi connectivity index (χ3v) is 7.05. The number of fused-ring (bicyclic) bond motifs is 1. The van der Waals surface area contributed by atoms with E-state index >= 15 is 0 Å². The number of carbonyl (C=O) groups excluding carboxylic acids is 2. The van der Waals surface area contributed by atoms with Crippen LogP contribution in [0.1, 0.15) is 39.9 Å². The minimum Gasteiger partial charge on any atom is -0.467 e. The van der Waals surface area contributed by atoms with E-state index < -0.39 is 5.60 Å². The van der Waals surface area contributed by atoms with Crippen molar-refractivity contribution in [2.24, 2.45) is 0 Å². The van der Waals surface area contributed by atoms with Gasteiger partial charge in [-0.2, -0.15) is 4.98 Å². The third kappa shape index (κ3) is 3.95. The maximum absolute atomic E-state index is 13.4. The van der Waals surface area contributed by atoms with Crippen LogP contribution < -0.4 is 9.64 Å². The Labute approximate surface area is 192 Å². The zero-order chi connectivity index (χ0) is 23.0. The molecule has 5 rings (SSSR count). The van der Waals surface area contributed by atoms with E-state index in [1.807, 2.05) is 12.1 Å². The van der Waals surface area contributed by atoms with Gasteiger partial charge in [-0.3, -0.25) is 9.69 Å². The van der Waals surface area contributed by atoms with Crippen molar-refractivity contribution in [2.75, 3.05) is 44.8 Å². The largest absolute Gasteiger partial charge is 0.467 e. The Hall–Kier alpha value is -3.04. The number of rotatable bonds is 5. The molecule has 0 unspecified atom stereocenters. The second-order valence-electron chi connectivity index (χ2n) is 8.74. The molecule has 0 bridgehead atoms. The topological polar surface area (TPSA) is 94.1 Å². The lowest BCUT2D eigenvalue weighted by molar-refractivity contribution is -0.157. The number of ether oxygens (including phenoxy) is 3. The molecule has 0 saturated carbocycles. The summed E-state index contributed by atoms with van der Waals surface area (Å²) in [6.45, 7) is 5.85. The van der Waals surface area contributed by atoms with E-state index in [1.54, 1.807) is 17.2 Å². The number of benzene rings is 1. The Balaban J connectivity index is 1.21. The first-order valence-electron chi connectivity index (χ1n) is 11.3. The number of esters is 1. The molecule has 3 aliphatic rings. The molecule has 3 aliphatic heterocycles. The molecule has 2 saturated heterocycles. The Morgan fingerprint density at radius 2 is 1.97 bits per heavy atom. The van der Waals surface area contributed by atoms with Gasteiger partial charge in [-0.05, 0) is 49.4 Å². The lowest BCUT2D eigenvalue weighted by atomic mass is 9.88. The highest BCUT2D eigenvalue weighted by atomic mass is 16.5. The second kappa shape index (κ2) is 8.72. The van der Waals surface area contributed by atoms with Gasteiger partial charge in [-0.25, -0.2) is 9.78 Å². The summed E-state index contributed by atoms with van der Waals surface area (Å²) in [5.74, 6) is 0.285. The average molecular weight is 453 g/mol. The van der Waals surface area contributed by atoms with Crippen LogP contribution in [0.5, 0.6) is 6.01 Å². The van der Waals surface area contributed by atoms with E-state index in [9.17, 15) is 9.59 Å². The summed E-state index contributed by atoms with van der Waals surface area (Å²) in [6, 6.07) is 5.89. The van der Waals surface area contributed by atoms with Crippen molar-refractivity contribution in [3.63, 3.8) is 0 Å². The van der Waals surface area contributed by atoms with E-state index in [-0.39, 0.29) is 17.9 Å². The monoisotopic (exact) mass is 452 g/mol. The number of morpholine rings is 1. The molecule has 1 aromatic carbocycles. The summed E-state index contributed by atoms with van der Waals surface area (Å²) in [7, 11) is 1.51. The number of methoxy groups -OCH3 is 1. The van der Waals surface area contributed by atoms with E-state index in [1.165, 1.54) is 12.7 Å². The summed E-state index contributed by atoms with van der Waals surface area (Å²) < 4.78 is 16.4. The fraction of sp³-hybridized carbons (Fsp3) is 0.500. The Morgan fingerprint density at radius 1 is 1.15 bits per heavy atom. The summed E-state index contributed by atoms with van der Waals surface area (Å²) in [5, 5.41) is 0. The molecule has 33 heavy (non-hydrogen) atoms. The first-order chi connectivity index (χ1) is 16.0. The molecular weight excluding hydrogens is 424 g/mol. The van der Waals surface area contributed by atoms with Crippen molar-refractivity contribution in [3.8, 4) is 6.01 Å². The lowest BCUT2D eigenvalue weighted by Crippen LogP contribution is -2.61. The molecule has 4 heterocycles. The van der Waals surface area contributed by atoms with Gasteiger partial charge >= 0.3 is 12.0 Å². The summed E-state index contributed by atoms with van der Waals surface area (Å²) in [5.41, 5.74) is 3.29. The van der Waals surface area contributed by atoms with Crippen LogP contribution >= 0.6 is 0 Å². The van der Waals surface area contributed by atoms with Crippen molar-refractivity contribution in [3.05, 3.63) is 46.6 Å². The molecule has 2 aromatic rings. The van der Waals surface area contributed by atoms with Gasteiger partial charge in [0.15, 0.2) is 0 Å². The number of aromatic nitrogens is 2. The third-order valence-electron chi connectivity index (χ3n) is 7.05. The molecule has 174 valence electrons. The summed E-state index contributed by atoms with van der Waals surface area (Å²) in [4.78, 5) is 37.6. The van der Waals surface area contributed by atoms with Crippen LogP contribution in [0, 0.1) is 6.92 Å². The summed E-state index contributed by atoms with van der Waals surface area (Å²) in [6.07, 6.45) is 3.79. The van der Waals surface area contributed by atoms with E-state index in [2.05, 4.69) is 21.8 Å².